The lowest BCUT2D eigenvalue weighted by Crippen LogP contribution is -2.43. The number of rotatable bonds is 5. The summed E-state index contributed by atoms with van der Waals surface area (Å²) < 4.78 is 26.9. The third-order valence-electron chi connectivity index (χ3n) is 2.61. The number of aliphatic hydroxyl groups excluding tert-OH is 1. The monoisotopic (exact) mass is 310 g/mol. The molecule has 0 spiro atoms. The largest absolute Gasteiger partial charge is 0.395 e. The predicted molar refractivity (Wildman–Crippen MR) is 78.9 cm³/mol. The van der Waals surface area contributed by atoms with E-state index in [1.54, 1.807) is 18.2 Å². The first-order chi connectivity index (χ1) is 9.92. The predicted octanol–water partition coefficient (Wildman–Crippen LogP) is -0.167. The smallest absolute Gasteiger partial charge is 0.242 e. The maximum Gasteiger partial charge on any atom is 0.242 e. The van der Waals surface area contributed by atoms with E-state index in [1.165, 1.54) is 20.0 Å². The zero-order valence-electron chi connectivity index (χ0n) is 11.9. The molecule has 0 radical (unpaired) electrons. The van der Waals surface area contributed by atoms with Crippen molar-refractivity contribution in [2.45, 2.75) is 24.3 Å². The Morgan fingerprint density at radius 3 is 2.67 bits per heavy atom. The highest BCUT2D eigenvalue weighted by molar-refractivity contribution is 7.89. The van der Waals surface area contributed by atoms with Crippen LogP contribution in [0.15, 0.2) is 29.2 Å². The molecule has 0 saturated heterocycles. The van der Waals surface area contributed by atoms with Gasteiger partial charge < -0.3 is 10.4 Å². The van der Waals surface area contributed by atoms with Crippen LogP contribution < -0.4 is 10.0 Å². The normalized spacial score (nSPS) is 12.1. The lowest BCUT2D eigenvalue weighted by Gasteiger charge is -2.13. The molecule has 1 aromatic rings. The quantitative estimate of drug-likeness (QED) is 0.658. The van der Waals surface area contributed by atoms with E-state index >= 15 is 0 Å². The topological polar surface area (TPSA) is 95.5 Å². The molecule has 0 saturated carbocycles. The lowest BCUT2D eigenvalue weighted by molar-refractivity contribution is -0.121. The van der Waals surface area contributed by atoms with Crippen molar-refractivity contribution < 1.29 is 18.3 Å². The Morgan fingerprint density at radius 2 is 2.05 bits per heavy atom. The van der Waals surface area contributed by atoms with Gasteiger partial charge in [0.1, 0.15) is 0 Å². The summed E-state index contributed by atoms with van der Waals surface area (Å²) in [6, 6.07) is 5.35. The number of sulfonamides is 1. The number of aliphatic hydroxyl groups is 1. The molecule has 1 atom stereocenters. The summed E-state index contributed by atoms with van der Waals surface area (Å²) in [6.07, 6.45) is 0.260. The van der Waals surface area contributed by atoms with Crippen LogP contribution >= 0.6 is 0 Å². The van der Waals surface area contributed by atoms with E-state index in [-0.39, 0.29) is 17.9 Å². The van der Waals surface area contributed by atoms with Crippen LogP contribution in [-0.4, -0.2) is 39.1 Å². The van der Waals surface area contributed by atoms with E-state index in [9.17, 15) is 13.2 Å². The second-order valence-corrected chi connectivity index (χ2v) is 5.91. The Hall–Kier alpha value is -1.88. The highest BCUT2D eigenvalue weighted by atomic mass is 32.2. The van der Waals surface area contributed by atoms with Crippen molar-refractivity contribution in [2.75, 3.05) is 13.7 Å². The van der Waals surface area contributed by atoms with Crippen molar-refractivity contribution in [3.05, 3.63) is 29.8 Å². The van der Waals surface area contributed by atoms with Gasteiger partial charge in [-0.1, -0.05) is 24.0 Å². The molecule has 7 heteroatoms. The Balaban J connectivity index is 3.09. The summed E-state index contributed by atoms with van der Waals surface area (Å²) in [5.74, 6) is 4.96. The summed E-state index contributed by atoms with van der Waals surface area (Å²) >= 11 is 0. The molecule has 3 N–H and O–H groups in total. The summed E-state index contributed by atoms with van der Waals surface area (Å²) in [6.45, 7) is 1.37. The van der Waals surface area contributed by atoms with Gasteiger partial charge in [-0.2, -0.15) is 4.72 Å². The molecule has 0 bridgehead atoms. The van der Waals surface area contributed by atoms with Gasteiger partial charge in [-0.05, 0) is 19.1 Å². The van der Waals surface area contributed by atoms with Crippen LogP contribution in [0.25, 0.3) is 0 Å². The lowest BCUT2D eigenvalue weighted by atomic mass is 10.2. The molecule has 1 rings (SSSR count). The van der Waals surface area contributed by atoms with Gasteiger partial charge in [-0.25, -0.2) is 8.42 Å². The zero-order valence-corrected chi connectivity index (χ0v) is 12.7. The van der Waals surface area contributed by atoms with Crippen LogP contribution in [0.3, 0.4) is 0 Å². The molecule has 6 nitrogen and oxygen atoms in total. The third kappa shape index (κ3) is 4.86. The number of nitrogens with one attached hydrogen (secondary N) is 2. The molecule has 0 aliphatic heterocycles. The number of amides is 1. The molecule has 21 heavy (non-hydrogen) atoms. The number of carbonyl (C=O) groups is 1. The van der Waals surface area contributed by atoms with Crippen molar-refractivity contribution in [1.82, 2.24) is 10.0 Å². The van der Waals surface area contributed by atoms with Crippen LogP contribution in [0.2, 0.25) is 0 Å². The molecular weight excluding hydrogens is 292 g/mol. The van der Waals surface area contributed by atoms with Crippen molar-refractivity contribution in [2.24, 2.45) is 0 Å². The van der Waals surface area contributed by atoms with Gasteiger partial charge in [0.15, 0.2) is 0 Å². The van der Waals surface area contributed by atoms with E-state index in [1.807, 2.05) is 0 Å². The van der Waals surface area contributed by atoms with Gasteiger partial charge in [0.25, 0.3) is 0 Å². The number of benzene rings is 1. The van der Waals surface area contributed by atoms with Gasteiger partial charge in [-0.3, -0.25) is 4.79 Å². The fourth-order valence-electron chi connectivity index (χ4n) is 1.58. The van der Waals surface area contributed by atoms with E-state index < -0.39 is 22.0 Å². The van der Waals surface area contributed by atoms with Crippen molar-refractivity contribution >= 4 is 15.9 Å². The molecule has 0 aromatic heterocycles. The Morgan fingerprint density at radius 1 is 1.38 bits per heavy atom. The second kappa shape index (κ2) is 7.78. The summed E-state index contributed by atoms with van der Waals surface area (Å²) in [7, 11) is -2.43. The maximum atomic E-state index is 12.3. The number of hydrogen-bond donors (Lipinski definition) is 3. The standard InChI is InChI=1S/C14H18N2O4S/c1-11(14(18)15-2)16-21(19,20)13-9-4-3-7-12(13)8-5-6-10-17/h3-4,7,9,11,16-17H,6,10H2,1-2H3,(H,15,18). The molecule has 0 fully saturated rings. The summed E-state index contributed by atoms with van der Waals surface area (Å²) in [4.78, 5) is 11.4. The van der Waals surface area contributed by atoms with Gasteiger partial charge in [0, 0.05) is 19.0 Å². The second-order valence-electron chi connectivity index (χ2n) is 4.23. The van der Waals surface area contributed by atoms with Gasteiger partial charge in [-0.15, -0.1) is 0 Å². The Kier molecular flexibility index (Phi) is 6.37. The van der Waals surface area contributed by atoms with E-state index in [2.05, 4.69) is 21.9 Å². The molecule has 0 heterocycles. The zero-order chi connectivity index (χ0) is 15.9. The van der Waals surface area contributed by atoms with Crippen LogP contribution in [0.1, 0.15) is 18.9 Å². The van der Waals surface area contributed by atoms with Gasteiger partial charge in [0.05, 0.1) is 17.5 Å². The van der Waals surface area contributed by atoms with Crippen molar-refractivity contribution in [3.63, 3.8) is 0 Å². The third-order valence-corrected chi connectivity index (χ3v) is 4.21. The average molecular weight is 310 g/mol. The minimum Gasteiger partial charge on any atom is -0.395 e. The first-order valence-corrected chi connectivity index (χ1v) is 7.83. The molecule has 114 valence electrons. The summed E-state index contributed by atoms with van der Waals surface area (Å²) in [5.41, 5.74) is 0.322. The van der Waals surface area contributed by atoms with Crippen LogP contribution in [-0.2, 0) is 14.8 Å². The highest BCUT2D eigenvalue weighted by Gasteiger charge is 2.23. The fourth-order valence-corrected chi connectivity index (χ4v) is 2.95. The average Bonchev–Trinajstić information content (AvgIpc) is 2.46. The van der Waals surface area contributed by atoms with Crippen LogP contribution in [0.5, 0.6) is 0 Å². The molecule has 0 aliphatic rings. The number of carbonyl (C=O) groups excluding carboxylic acids is 1. The van der Waals surface area contributed by atoms with Gasteiger partial charge in [0.2, 0.25) is 15.9 Å². The Bertz CT molecular complexity index is 659. The minimum atomic E-state index is -3.86. The molecule has 0 aliphatic carbocycles. The number of likely N-dealkylation sites (N-methyl/N-ethyl adjacent to an activating group) is 1. The van der Waals surface area contributed by atoms with Crippen LogP contribution in [0.4, 0.5) is 0 Å². The van der Waals surface area contributed by atoms with Crippen molar-refractivity contribution in [1.29, 1.82) is 0 Å². The minimum absolute atomic E-state index is 0.00573. The Labute approximate surface area is 124 Å². The number of hydrogen-bond acceptors (Lipinski definition) is 4. The van der Waals surface area contributed by atoms with Crippen molar-refractivity contribution in [3.8, 4) is 11.8 Å². The fraction of sp³-hybridized carbons (Fsp3) is 0.357. The first kappa shape index (κ1) is 17.2. The highest BCUT2D eigenvalue weighted by Crippen LogP contribution is 2.14. The van der Waals surface area contributed by atoms with E-state index in [0.29, 0.717) is 5.56 Å². The molecule has 1 aromatic carbocycles. The van der Waals surface area contributed by atoms with E-state index in [4.69, 9.17) is 5.11 Å². The van der Waals surface area contributed by atoms with E-state index in [0.717, 1.165) is 0 Å². The SMILES string of the molecule is CNC(=O)C(C)NS(=O)(=O)c1ccccc1C#CCCO. The van der Waals surface area contributed by atoms with Gasteiger partial charge >= 0.3 is 0 Å². The molecule has 1 amide bonds. The summed E-state index contributed by atoms with van der Waals surface area (Å²) in [5, 5.41) is 11.1. The maximum absolute atomic E-state index is 12.3. The first-order valence-electron chi connectivity index (χ1n) is 6.35. The molecule has 1 unspecified atom stereocenters. The van der Waals surface area contributed by atoms with Crippen LogP contribution in [0, 0.1) is 11.8 Å². The molecular formula is C14H18N2O4S.